The van der Waals surface area contributed by atoms with Gasteiger partial charge in [0.15, 0.2) is 0 Å². The first-order chi connectivity index (χ1) is 8.10. The van der Waals surface area contributed by atoms with Gasteiger partial charge in [-0.25, -0.2) is 0 Å². The van der Waals surface area contributed by atoms with E-state index in [4.69, 9.17) is 4.74 Å². The minimum absolute atomic E-state index is 0.526. The van der Waals surface area contributed by atoms with Crippen molar-refractivity contribution in [2.75, 3.05) is 7.11 Å². The van der Waals surface area contributed by atoms with Gasteiger partial charge in [0.25, 0.3) is 0 Å². The quantitative estimate of drug-likeness (QED) is 0.844. The summed E-state index contributed by atoms with van der Waals surface area (Å²) in [5.41, 5.74) is 3.88. The van der Waals surface area contributed by atoms with Crippen molar-refractivity contribution in [1.29, 1.82) is 0 Å². The lowest BCUT2D eigenvalue weighted by Crippen LogP contribution is -2.30. The number of benzene rings is 1. The molecule has 1 fully saturated rings. The molecule has 0 bridgehead atoms. The molecule has 0 radical (unpaired) electrons. The second kappa shape index (κ2) is 5.09. The van der Waals surface area contributed by atoms with Crippen LogP contribution in [-0.4, -0.2) is 19.2 Å². The Morgan fingerprint density at radius 1 is 1.35 bits per heavy atom. The Morgan fingerprint density at radius 2 is 2.06 bits per heavy atom. The van der Waals surface area contributed by atoms with E-state index >= 15 is 0 Å². The maximum Gasteiger partial charge on any atom is 0.125 e. The molecule has 0 spiro atoms. The first kappa shape index (κ1) is 12.4. The van der Waals surface area contributed by atoms with Gasteiger partial charge < -0.3 is 10.1 Å². The highest BCUT2D eigenvalue weighted by atomic mass is 16.5. The molecule has 2 nitrogen and oxygen atoms in total. The second-order valence-corrected chi connectivity index (χ2v) is 5.32. The lowest BCUT2D eigenvalue weighted by Gasteiger charge is -2.17. The predicted octanol–water partition coefficient (Wildman–Crippen LogP) is 3.00. The van der Waals surface area contributed by atoms with Crippen LogP contribution in [0.3, 0.4) is 0 Å². The molecule has 1 atom stereocenters. The molecular weight excluding hydrogens is 210 g/mol. The third-order valence-electron chi connectivity index (χ3n) is 3.32. The van der Waals surface area contributed by atoms with Crippen LogP contribution < -0.4 is 10.1 Å². The number of rotatable bonds is 5. The molecule has 0 aromatic heterocycles. The summed E-state index contributed by atoms with van der Waals surface area (Å²) in [7, 11) is 1.76. The first-order valence-electron chi connectivity index (χ1n) is 6.50. The van der Waals surface area contributed by atoms with Crippen molar-refractivity contribution in [3.05, 3.63) is 28.8 Å². The molecule has 1 unspecified atom stereocenters. The van der Waals surface area contributed by atoms with Gasteiger partial charge in [-0.05, 0) is 51.2 Å². The van der Waals surface area contributed by atoms with Crippen molar-refractivity contribution in [2.45, 2.75) is 52.1 Å². The number of hydrogen-bond acceptors (Lipinski definition) is 2. The third kappa shape index (κ3) is 3.22. The van der Waals surface area contributed by atoms with Crippen LogP contribution in [-0.2, 0) is 6.42 Å². The zero-order chi connectivity index (χ0) is 12.4. The lowest BCUT2D eigenvalue weighted by molar-refractivity contribution is 0.402. The highest BCUT2D eigenvalue weighted by molar-refractivity contribution is 5.44. The Morgan fingerprint density at radius 3 is 2.65 bits per heavy atom. The number of nitrogens with one attached hydrogen (secondary N) is 1. The summed E-state index contributed by atoms with van der Waals surface area (Å²) >= 11 is 0. The third-order valence-corrected chi connectivity index (χ3v) is 3.32. The summed E-state index contributed by atoms with van der Waals surface area (Å²) in [5, 5.41) is 3.64. The largest absolute Gasteiger partial charge is 0.496 e. The van der Waals surface area contributed by atoms with Crippen LogP contribution in [0.25, 0.3) is 0 Å². The molecule has 94 valence electrons. The highest BCUT2D eigenvalue weighted by Crippen LogP contribution is 2.27. The molecule has 0 saturated heterocycles. The number of methoxy groups -OCH3 is 1. The molecule has 1 N–H and O–H groups in total. The fraction of sp³-hybridized carbons (Fsp3) is 0.600. The fourth-order valence-electron chi connectivity index (χ4n) is 2.53. The smallest absolute Gasteiger partial charge is 0.125 e. The van der Waals surface area contributed by atoms with Crippen molar-refractivity contribution in [1.82, 2.24) is 5.32 Å². The average Bonchev–Trinajstić information content (AvgIpc) is 3.00. The molecule has 1 aliphatic carbocycles. The average molecular weight is 233 g/mol. The van der Waals surface area contributed by atoms with E-state index < -0.39 is 0 Å². The summed E-state index contributed by atoms with van der Waals surface area (Å²) in [6.45, 7) is 6.53. The molecule has 2 rings (SSSR count). The monoisotopic (exact) mass is 233 g/mol. The lowest BCUT2D eigenvalue weighted by atomic mass is 10.00. The summed E-state index contributed by atoms with van der Waals surface area (Å²) in [6, 6.07) is 5.72. The summed E-state index contributed by atoms with van der Waals surface area (Å²) in [4.78, 5) is 0. The first-order valence-corrected chi connectivity index (χ1v) is 6.50. The molecular formula is C15H23NO. The number of ether oxygens (including phenoxy) is 1. The molecule has 1 aromatic carbocycles. The Hall–Kier alpha value is -1.02. The van der Waals surface area contributed by atoms with E-state index in [0.29, 0.717) is 6.04 Å². The van der Waals surface area contributed by atoms with Gasteiger partial charge >= 0.3 is 0 Å². The van der Waals surface area contributed by atoms with Crippen molar-refractivity contribution in [3.8, 4) is 5.75 Å². The van der Waals surface area contributed by atoms with Gasteiger partial charge in [0, 0.05) is 12.1 Å². The van der Waals surface area contributed by atoms with Gasteiger partial charge in [-0.2, -0.15) is 0 Å². The van der Waals surface area contributed by atoms with E-state index in [1.165, 1.54) is 29.5 Å². The summed E-state index contributed by atoms with van der Waals surface area (Å²) in [5.74, 6) is 1.06. The van der Waals surface area contributed by atoms with E-state index in [2.05, 4.69) is 38.2 Å². The van der Waals surface area contributed by atoms with Gasteiger partial charge in [0.1, 0.15) is 5.75 Å². The number of aryl methyl sites for hydroxylation is 2. The van der Waals surface area contributed by atoms with Crippen molar-refractivity contribution in [2.24, 2.45) is 0 Å². The van der Waals surface area contributed by atoms with E-state index in [9.17, 15) is 0 Å². The molecule has 1 saturated carbocycles. The number of hydrogen-bond donors (Lipinski definition) is 1. The van der Waals surface area contributed by atoms with Crippen LogP contribution in [0.5, 0.6) is 5.75 Å². The van der Waals surface area contributed by atoms with Gasteiger partial charge in [0.05, 0.1) is 7.11 Å². The summed E-state index contributed by atoms with van der Waals surface area (Å²) < 4.78 is 5.52. The van der Waals surface area contributed by atoms with E-state index in [0.717, 1.165) is 18.2 Å². The van der Waals surface area contributed by atoms with Crippen LogP contribution in [0.2, 0.25) is 0 Å². The van der Waals surface area contributed by atoms with Gasteiger partial charge in [-0.3, -0.25) is 0 Å². The van der Waals surface area contributed by atoms with Crippen molar-refractivity contribution >= 4 is 0 Å². The SMILES string of the molecule is COc1c(C)cc(C)cc1CC(C)NC1CC1. The van der Waals surface area contributed by atoms with Gasteiger partial charge in [-0.15, -0.1) is 0 Å². The van der Waals surface area contributed by atoms with Crippen LogP contribution in [0, 0.1) is 13.8 Å². The van der Waals surface area contributed by atoms with Crippen LogP contribution in [0.4, 0.5) is 0 Å². The standard InChI is InChI=1S/C15H23NO/c1-10-7-11(2)15(17-4)13(8-10)9-12(3)16-14-5-6-14/h7-8,12,14,16H,5-6,9H2,1-4H3. The Bertz CT molecular complexity index is 396. The maximum absolute atomic E-state index is 5.52. The molecule has 1 aliphatic rings. The molecule has 17 heavy (non-hydrogen) atoms. The zero-order valence-corrected chi connectivity index (χ0v) is 11.3. The Kier molecular flexibility index (Phi) is 3.72. The zero-order valence-electron chi connectivity index (χ0n) is 11.3. The fourth-order valence-corrected chi connectivity index (χ4v) is 2.53. The maximum atomic E-state index is 5.52. The minimum atomic E-state index is 0.526. The van der Waals surface area contributed by atoms with E-state index in [-0.39, 0.29) is 0 Å². The molecule has 0 heterocycles. The topological polar surface area (TPSA) is 21.3 Å². The normalized spacial score (nSPS) is 16.9. The molecule has 0 amide bonds. The molecule has 1 aromatic rings. The highest BCUT2D eigenvalue weighted by Gasteiger charge is 2.23. The Labute approximate surface area is 104 Å². The van der Waals surface area contributed by atoms with E-state index in [1.807, 2.05) is 0 Å². The van der Waals surface area contributed by atoms with Gasteiger partial charge in [-0.1, -0.05) is 17.7 Å². The van der Waals surface area contributed by atoms with Crippen LogP contribution in [0.15, 0.2) is 12.1 Å². The minimum Gasteiger partial charge on any atom is -0.496 e. The predicted molar refractivity (Wildman–Crippen MR) is 71.8 cm³/mol. The van der Waals surface area contributed by atoms with Crippen LogP contribution in [0.1, 0.15) is 36.5 Å². The Balaban J connectivity index is 2.12. The van der Waals surface area contributed by atoms with Crippen molar-refractivity contribution < 1.29 is 4.74 Å². The van der Waals surface area contributed by atoms with Gasteiger partial charge in [0.2, 0.25) is 0 Å². The van der Waals surface area contributed by atoms with Crippen LogP contribution >= 0.6 is 0 Å². The molecule has 0 aliphatic heterocycles. The molecule has 2 heteroatoms. The summed E-state index contributed by atoms with van der Waals surface area (Å²) in [6.07, 6.45) is 3.73. The van der Waals surface area contributed by atoms with Crippen molar-refractivity contribution in [3.63, 3.8) is 0 Å². The second-order valence-electron chi connectivity index (χ2n) is 5.32. The van der Waals surface area contributed by atoms with E-state index in [1.54, 1.807) is 7.11 Å².